The van der Waals surface area contributed by atoms with Crippen molar-refractivity contribution in [1.82, 2.24) is 9.80 Å². The Morgan fingerprint density at radius 3 is 2.10 bits per heavy atom. The van der Waals surface area contributed by atoms with Gasteiger partial charge in [0.2, 0.25) is 5.91 Å². The van der Waals surface area contributed by atoms with Gasteiger partial charge in [0.1, 0.15) is 0 Å². The number of nitrogens with zero attached hydrogens (tertiary/aromatic N) is 2. The molecule has 0 atom stereocenters. The van der Waals surface area contributed by atoms with Gasteiger partial charge in [0, 0.05) is 49.9 Å². The van der Waals surface area contributed by atoms with Crippen molar-refractivity contribution < 1.29 is 9.59 Å². The molecule has 29 heavy (non-hydrogen) atoms. The van der Waals surface area contributed by atoms with Gasteiger partial charge in [-0.05, 0) is 42.7 Å². The molecule has 0 unspecified atom stereocenters. The van der Waals surface area contributed by atoms with Gasteiger partial charge >= 0.3 is 0 Å². The topological polar surface area (TPSA) is 52.7 Å². The minimum atomic E-state index is 0.0310. The molecule has 1 N–H and O–H groups in total. The molecule has 3 rings (SSSR count). The summed E-state index contributed by atoms with van der Waals surface area (Å²) in [5.41, 5.74) is 2.71. The molecule has 2 amide bonds. The van der Waals surface area contributed by atoms with Gasteiger partial charge in [0.15, 0.2) is 0 Å². The van der Waals surface area contributed by atoms with Gasteiger partial charge in [-0.15, -0.1) is 0 Å². The van der Waals surface area contributed by atoms with Crippen LogP contribution in [0.25, 0.3) is 0 Å². The van der Waals surface area contributed by atoms with E-state index in [0.29, 0.717) is 5.56 Å². The average Bonchev–Trinajstić information content (AvgIpc) is 2.76. The predicted molar refractivity (Wildman–Crippen MR) is 117 cm³/mol. The van der Waals surface area contributed by atoms with Crippen LogP contribution in [0.4, 0.5) is 5.69 Å². The Balaban J connectivity index is 1.51. The lowest BCUT2D eigenvalue weighted by molar-refractivity contribution is -0.120. The second kappa shape index (κ2) is 10.2. The molecule has 1 aliphatic heterocycles. The molecule has 0 saturated carbocycles. The second-order valence-corrected chi connectivity index (χ2v) is 7.63. The number of nitrogens with one attached hydrogen (secondary N) is 1. The number of hydrogen-bond acceptors (Lipinski definition) is 3. The van der Waals surface area contributed by atoms with Gasteiger partial charge in [0.25, 0.3) is 5.91 Å². The number of anilines is 1. The first-order chi connectivity index (χ1) is 14.1. The van der Waals surface area contributed by atoms with Crippen LogP contribution in [0.3, 0.4) is 0 Å². The van der Waals surface area contributed by atoms with Gasteiger partial charge in [-0.1, -0.05) is 44.2 Å². The molecule has 0 radical (unpaired) electrons. The zero-order valence-corrected chi connectivity index (χ0v) is 17.4. The summed E-state index contributed by atoms with van der Waals surface area (Å²) >= 11 is 0. The van der Waals surface area contributed by atoms with Crippen molar-refractivity contribution >= 4 is 17.5 Å². The van der Waals surface area contributed by atoms with Crippen LogP contribution in [0.15, 0.2) is 54.6 Å². The molecule has 154 valence electrons. The van der Waals surface area contributed by atoms with E-state index in [1.807, 2.05) is 36.9 Å². The summed E-state index contributed by atoms with van der Waals surface area (Å²) in [6.45, 7) is 8.20. The smallest absolute Gasteiger partial charge is 0.253 e. The summed E-state index contributed by atoms with van der Waals surface area (Å²) in [4.78, 5) is 29.3. The highest BCUT2D eigenvalue weighted by molar-refractivity contribution is 5.96. The van der Waals surface area contributed by atoms with E-state index in [9.17, 15) is 9.59 Å². The molecule has 1 aliphatic rings. The Morgan fingerprint density at radius 2 is 1.52 bits per heavy atom. The molecule has 1 heterocycles. The lowest BCUT2D eigenvalue weighted by Gasteiger charge is -2.34. The quantitative estimate of drug-likeness (QED) is 0.773. The van der Waals surface area contributed by atoms with E-state index in [2.05, 4.69) is 34.5 Å². The highest BCUT2D eigenvalue weighted by Gasteiger charge is 2.22. The first-order valence-corrected chi connectivity index (χ1v) is 10.6. The maximum atomic E-state index is 12.8. The average molecular weight is 394 g/mol. The van der Waals surface area contributed by atoms with Crippen molar-refractivity contribution in [3.05, 3.63) is 65.7 Å². The van der Waals surface area contributed by atoms with Gasteiger partial charge in [0.05, 0.1) is 0 Å². The van der Waals surface area contributed by atoms with Crippen LogP contribution < -0.4 is 5.32 Å². The summed E-state index contributed by atoms with van der Waals surface area (Å²) < 4.78 is 0. The number of benzene rings is 2. The maximum absolute atomic E-state index is 12.8. The third-order valence-corrected chi connectivity index (χ3v) is 5.66. The number of amides is 2. The minimum Gasteiger partial charge on any atom is -0.336 e. The minimum absolute atomic E-state index is 0.0310. The van der Waals surface area contributed by atoms with Crippen molar-refractivity contribution in [2.75, 3.05) is 31.5 Å². The molecule has 0 aliphatic carbocycles. The second-order valence-electron chi connectivity index (χ2n) is 7.63. The predicted octanol–water partition coefficient (Wildman–Crippen LogP) is 4.02. The van der Waals surface area contributed by atoms with Crippen LogP contribution >= 0.6 is 0 Å². The van der Waals surface area contributed by atoms with Gasteiger partial charge in [-0.25, -0.2) is 0 Å². The van der Waals surface area contributed by atoms with Crippen molar-refractivity contribution in [3.8, 4) is 0 Å². The third-order valence-electron chi connectivity index (χ3n) is 5.66. The van der Waals surface area contributed by atoms with Gasteiger partial charge in [-0.2, -0.15) is 0 Å². The molecule has 0 bridgehead atoms. The van der Waals surface area contributed by atoms with E-state index in [0.717, 1.165) is 51.3 Å². The van der Waals surface area contributed by atoms with E-state index in [4.69, 9.17) is 0 Å². The van der Waals surface area contributed by atoms with Crippen LogP contribution in [-0.2, 0) is 11.3 Å². The summed E-state index contributed by atoms with van der Waals surface area (Å²) in [7, 11) is 0. The molecule has 5 nitrogen and oxygen atoms in total. The highest BCUT2D eigenvalue weighted by Crippen LogP contribution is 2.16. The van der Waals surface area contributed by atoms with E-state index in [1.54, 1.807) is 12.1 Å². The first kappa shape index (κ1) is 21.1. The third kappa shape index (κ3) is 5.67. The van der Waals surface area contributed by atoms with Crippen LogP contribution in [0.5, 0.6) is 0 Å². The zero-order valence-electron chi connectivity index (χ0n) is 17.4. The largest absolute Gasteiger partial charge is 0.336 e. The summed E-state index contributed by atoms with van der Waals surface area (Å²) in [5, 5.41) is 2.95. The monoisotopic (exact) mass is 393 g/mol. The molecular weight excluding hydrogens is 362 g/mol. The Bertz CT molecular complexity index is 793. The molecule has 1 saturated heterocycles. The number of hydrogen-bond donors (Lipinski definition) is 1. The summed E-state index contributed by atoms with van der Waals surface area (Å²) in [5.74, 6) is 0.134. The lowest BCUT2D eigenvalue weighted by Crippen LogP contribution is -2.48. The fourth-order valence-electron chi connectivity index (χ4n) is 3.73. The normalized spacial score (nSPS) is 14.8. The number of rotatable bonds is 7. The summed E-state index contributed by atoms with van der Waals surface area (Å²) in [6.07, 6.45) is 1.66. The standard InChI is InChI=1S/C24H31N3O2/c1-3-20(4-2)23(28)25-22-12-10-21(11-13-22)24(29)27-16-14-26(15-17-27)18-19-8-6-5-7-9-19/h5-13,20H,3-4,14-18H2,1-2H3,(H,25,28). The Morgan fingerprint density at radius 1 is 0.897 bits per heavy atom. The van der Waals surface area contributed by atoms with Crippen LogP contribution in [-0.4, -0.2) is 47.8 Å². The number of carbonyl (C=O) groups is 2. The van der Waals surface area contributed by atoms with E-state index >= 15 is 0 Å². The van der Waals surface area contributed by atoms with Crippen LogP contribution in [0.2, 0.25) is 0 Å². The fourth-order valence-corrected chi connectivity index (χ4v) is 3.73. The zero-order chi connectivity index (χ0) is 20.6. The van der Waals surface area contributed by atoms with Gasteiger partial charge < -0.3 is 10.2 Å². The molecule has 2 aromatic carbocycles. The summed E-state index contributed by atoms with van der Waals surface area (Å²) in [6, 6.07) is 17.7. The highest BCUT2D eigenvalue weighted by atomic mass is 16.2. The van der Waals surface area contributed by atoms with Crippen molar-refractivity contribution in [3.63, 3.8) is 0 Å². The van der Waals surface area contributed by atoms with E-state index in [1.165, 1.54) is 5.56 Å². The Hall–Kier alpha value is -2.66. The van der Waals surface area contributed by atoms with Crippen LogP contribution in [0.1, 0.15) is 42.6 Å². The Kier molecular flexibility index (Phi) is 7.42. The molecule has 1 fully saturated rings. The fraction of sp³-hybridized carbons (Fsp3) is 0.417. The molecular formula is C24H31N3O2. The number of piperazine rings is 1. The molecule has 2 aromatic rings. The maximum Gasteiger partial charge on any atom is 0.253 e. The van der Waals surface area contributed by atoms with Crippen molar-refractivity contribution in [2.24, 2.45) is 5.92 Å². The molecule has 5 heteroatoms. The molecule has 0 aromatic heterocycles. The van der Waals surface area contributed by atoms with Crippen molar-refractivity contribution in [1.29, 1.82) is 0 Å². The number of carbonyl (C=O) groups excluding carboxylic acids is 2. The lowest BCUT2D eigenvalue weighted by atomic mass is 10.0. The Labute approximate surface area is 173 Å². The van der Waals surface area contributed by atoms with E-state index < -0.39 is 0 Å². The SMILES string of the molecule is CCC(CC)C(=O)Nc1ccc(C(=O)N2CCN(Cc3ccccc3)CC2)cc1. The van der Waals surface area contributed by atoms with Gasteiger partial charge in [-0.3, -0.25) is 14.5 Å². The van der Waals surface area contributed by atoms with E-state index in [-0.39, 0.29) is 17.7 Å². The first-order valence-electron chi connectivity index (χ1n) is 10.6. The van der Waals surface area contributed by atoms with Crippen LogP contribution in [0, 0.1) is 5.92 Å². The molecule has 0 spiro atoms. The van der Waals surface area contributed by atoms with Crippen molar-refractivity contribution in [2.45, 2.75) is 33.2 Å².